The lowest BCUT2D eigenvalue weighted by Crippen LogP contribution is -2.43. The molecule has 0 fully saturated rings. The van der Waals surface area contributed by atoms with Crippen LogP contribution in [0.15, 0.2) is 84.9 Å². The predicted octanol–water partition coefficient (Wildman–Crippen LogP) is 7.43. The molecular weight excluding hydrogens is 368 g/mol. The summed E-state index contributed by atoms with van der Waals surface area (Å²) in [5.74, 6) is 1.55. The van der Waals surface area contributed by atoms with Crippen LogP contribution in [0.4, 0.5) is 0 Å². The highest BCUT2D eigenvalue weighted by molar-refractivity contribution is 5.49. The zero-order chi connectivity index (χ0) is 22.6. The molecule has 0 amide bonds. The van der Waals surface area contributed by atoms with Gasteiger partial charge in [0.2, 0.25) is 0 Å². The summed E-state index contributed by atoms with van der Waals surface area (Å²) < 4.78 is 6.44. The minimum atomic E-state index is -0.282. The Kier molecular flexibility index (Phi) is 10.9. The van der Waals surface area contributed by atoms with E-state index in [0.29, 0.717) is 0 Å². The molecule has 3 aromatic carbocycles. The molecule has 1 aliphatic rings. The molecule has 162 valence electrons. The maximum Gasteiger partial charge on any atom is 0.123 e. The molecule has 0 saturated heterocycles. The van der Waals surface area contributed by atoms with Crippen molar-refractivity contribution in [1.29, 1.82) is 0 Å². The molecular formula is C28H38O2. The summed E-state index contributed by atoms with van der Waals surface area (Å²) in [6, 6.07) is 30.0. The highest BCUT2D eigenvalue weighted by Crippen LogP contribution is 2.52. The fourth-order valence-electron chi connectivity index (χ4n) is 4.04. The average molecular weight is 407 g/mol. The molecule has 3 aromatic rings. The third-order valence-electron chi connectivity index (χ3n) is 5.03. The molecule has 4 rings (SSSR count). The largest absolute Gasteiger partial charge is 0.487 e. The minimum absolute atomic E-state index is 0.260. The van der Waals surface area contributed by atoms with Crippen LogP contribution in [0.1, 0.15) is 70.1 Å². The minimum Gasteiger partial charge on any atom is -0.487 e. The van der Waals surface area contributed by atoms with Gasteiger partial charge in [0.05, 0.1) is 0 Å². The van der Waals surface area contributed by atoms with Crippen molar-refractivity contribution in [1.82, 2.24) is 0 Å². The van der Waals surface area contributed by atoms with Gasteiger partial charge in [-0.05, 0) is 31.0 Å². The van der Waals surface area contributed by atoms with Crippen LogP contribution in [0.3, 0.4) is 0 Å². The number of fused-ring (bicyclic) bond motifs is 1. The predicted molar refractivity (Wildman–Crippen MR) is 129 cm³/mol. The van der Waals surface area contributed by atoms with Gasteiger partial charge in [0, 0.05) is 24.5 Å². The lowest BCUT2D eigenvalue weighted by molar-refractivity contribution is 0.0531. The Morgan fingerprint density at radius 3 is 1.60 bits per heavy atom. The van der Waals surface area contributed by atoms with E-state index in [1.165, 1.54) is 16.7 Å². The van der Waals surface area contributed by atoms with Crippen LogP contribution in [0.2, 0.25) is 0 Å². The highest BCUT2D eigenvalue weighted by Gasteiger charge is 2.44. The van der Waals surface area contributed by atoms with Gasteiger partial charge in [0.15, 0.2) is 0 Å². The number of benzene rings is 3. The number of aliphatic hydroxyl groups excluding tert-OH is 1. The van der Waals surface area contributed by atoms with Crippen molar-refractivity contribution >= 4 is 0 Å². The van der Waals surface area contributed by atoms with E-state index in [9.17, 15) is 0 Å². The summed E-state index contributed by atoms with van der Waals surface area (Å²) in [4.78, 5) is 0. The Labute approximate surface area is 183 Å². The van der Waals surface area contributed by atoms with Gasteiger partial charge in [-0.3, -0.25) is 0 Å². The molecule has 0 saturated carbocycles. The molecule has 0 bridgehead atoms. The van der Waals surface area contributed by atoms with Crippen LogP contribution >= 0.6 is 0 Å². The average Bonchev–Trinajstić information content (AvgIpc) is 2.82. The molecule has 30 heavy (non-hydrogen) atoms. The van der Waals surface area contributed by atoms with Crippen molar-refractivity contribution in [3.05, 3.63) is 102 Å². The molecule has 1 aliphatic heterocycles. The Balaban J connectivity index is 0.000000691. The van der Waals surface area contributed by atoms with Crippen LogP contribution in [0, 0.1) is 0 Å². The van der Waals surface area contributed by atoms with Crippen LogP contribution in [-0.4, -0.2) is 17.8 Å². The summed E-state index contributed by atoms with van der Waals surface area (Å²) in [7, 11) is 1.00. The van der Waals surface area contributed by atoms with E-state index in [2.05, 4.69) is 98.8 Å². The summed E-state index contributed by atoms with van der Waals surface area (Å²) in [5.41, 5.74) is 3.66. The summed E-state index contributed by atoms with van der Waals surface area (Å²) in [6.07, 6.45) is 0. The van der Waals surface area contributed by atoms with Crippen LogP contribution in [0.25, 0.3) is 0 Å². The van der Waals surface area contributed by atoms with Crippen LogP contribution < -0.4 is 4.74 Å². The zero-order valence-electron chi connectivity index (χ0n) is 19.6. The quantitative estimate of drug-likeness (QED) is 0.479. The van der Waals surface area contributed by atoms with Crippen molar-refractivity contribution in [2.45, 2.75) is 59.0 Å². The monoisotopic (exact) mass is 406 g/mol. The molecule has 2 atom stereocenters. The molecule has 2 heteroatoms. The highest BCUT2D eigenvalue weighted by atomic mass is 16.5. The number of rotatable bonds is 2. The van der Waals surface area contributed by atoms with Crippen molar-refractivity contribution in [2.24, 2.45) is 0 Å². The topological polar surface area (TPSA) is 29.5 Å². The fraction of sp³-hybridized carbons (Fsp3) is 0.357. The zero-order valence-corrected chi connectivity index (χ0v) is 19.6. The lowest BCUT2D eigenvalue weighted by atomic mass is 9.68. The van der Waals surface area contributed by atoms with E-state index in [1.54, 1.807) is 0 Å². The summed E-state index contributed by atoms with van der Waals surface area (Å²) >= 11 is 0. The first-order valence-electron chi connectivity index (χ1n) is 11.0. The van der Waals surface area contributed by atoms with Gasteiger partial charge < -0.3 is 9.84 Å². The third-order valence-corrected chi connectivity index (χ3v) is 5.03. The number of aliphatic hydroxyl groups is 1. The normalized spacial score (nSPS) is 17.9. The fourth-order valence-corrected chi connectivity index (χ4v) is 4.04. The second-order valence-corrected chi connectivity index (χ2v) is 7.02. The molecule has 1 heterocycles. The van der Waals surface area contributed by atoms with Gasteiger partial charge in [-0.2, -0.15) is 0 Å². The number of hydrogen-bond acceptors (Lipinski definition) is 2. The summed E-state index contributed by atoms with van der Waals surface area (Å²) in [5, 5.41) is 7.00. The van der Waals surface area contributed by atoms with E-state index in [0.717, 1.165) is 12.9 Å². The van der Waals surface area contributed by atoms with E-state index < -0.39 is 0 Å². The third kappa shape index (κ3) is 5.73. The molecule has 0 aromatic heterocycles. The van der Waals surface area contributed by atoms with Gasteiger partial charge >= 0.3 is 0 Å². The number of hydrogen-bond donors (Lipinski definition) is 1. The molecule has 2 unspecified atom stereocenters. The van der Waals surface area contributed by atoms with E-state index >= 15 is 0 Å². The van der Waals surface area contributed by atoms with E-state index in [-0.39, 0.29) is 17.4 Å². The van der Waals surface area contributed by atoms with Crippen LogP contribution in [0.5, 0.6) is 5.75 Å². The maximum atomic E-state index is 7.00. The van der Waals surface area contributed by atoms with Crippen molar-refractivity contribution in [2.75, 3.05) is 7.11 Å². The molecule has 0 radical (unpaired) electrons. The van der Waals surface area contributed by atoms with Crippen molar-refractivity contribution in [3.8, 4) is 5.75 Å². The van der Waals surface area contributed by atoms with Gasteiger partial charge in [0.25, 0.3) is 0 Å². The first-order valence-corrected chi connectivity index (χ1v) is 11.0. The first kappa shape index (κ1) is 25.5. The van der Waals surface area contributed by atoms with Crippen LogP contribution in [-0.2, 0) is 0 Å². The first-order chi connectivity index (χ1) is 14.7. The van der Waals surface area contributed by atoms with E-state index in [4.69, 9.17) is 9.84 Å². The van der Waals surface area contributed by atoms with Gasteiger partial charge in [-0.15, -0.1) is 0 Å². The Morgan fingerprint density at radius 2 is 1.07 bits per heavy atom. The van der Waals surface area contributed by atoms with Crippen molar-refractivity contribution < 1.29 is 9.84 Å². The Morgan fingerprint density at radius 1 is 0.633 bits per heavy atom. The molecule has 1 N–H and O–H groups in total. The number of para-hydroxylation sites is 1. The van der Waals surface area contributed by atoms with Gasteiger partial charge in [-0.25, -0.2) is 0 Å². The van der Waals surface area contributed by atoms with Gasteiger partial charge in [-0.1, -0.05) is 107 Å². The number of ether oxygens (including phenoxy) is 1. The van der Waals surface area contributed by atoms with Crippen molar-refractivity contribution in [3.63, 3.8) is 0 Å². The Hall–Kier alpha value is -2.58. The van der Waals surface area contributed by atoms with E-state index in [1.807, 2.05) is 27.7 Å². The Bertz CT molecular complexity index is 826. The smallest absolute Gasteiger partial charge is 0.123 e. The second kappa shape index (κ2) is 12.9. The SMILES string of the molecule is CC.CC.CC1(C)Oc2ccccc2C(c2ccccc2)C1c1ccccc1.CO. The summed E-state index contributed by atoms with van der Waals surface area (Å²) in [6.45, 7) is 12.4. The maximum absolute atomic E-state index is 7.00. The molecule has 2 nitrogen and oxygen atoms in total. The lowest BCUT2D eigenvalue weighted by Gasteiger charge is -2.45. The second-order valence-electron chi connectivity index (χ2n) is 7.02. The molecule has 0 aliphatic carbocycles. The molecule has 0 spiro atoms. The van der Waals surface area contributed by atoms with Gasteiger partial charge in [0.1, 0.15) is 11.4 Å². The standard InChI is InChI=1S/C23H22O.2C2H6.CH4O/c1-23(2)22(18-13-7-4-8-14-18)21(17-11-5-3-6-12-17)19-15-9-10-16-20(19)24-23;3*1-2/h3-16,21-22H,1-2H3;2*1-2H3;2H,1H3.